The standard InChI is InChI=1S/C24H40N5.2ClH.Mn.H2/c1-2-7-18-14-19-16-27-23-10-5-3-8-21(23)25-12-13-26-22-9-4-6-11-24(22)28-17-20(15-18)29-19;;;;/h14-15,21-25,27-28H,2-13,16-17H2,1H3;2*1H;;1H/q-1;;;+2;/p-2/t21?,22?,23-,24-;;;;/m1..../s1. The fourth-order valence-corrected chi connectivity index (χ4v) is 5.47. The number of pyridine rings is 1. The topological polar surface area (TPSA) is 63.1 Å². The third-order valence-electron chi connectivity index (χ3n) is 7.00. The van der Waals surface area contributed by atoms with Gasteiger partial charge < -0.3 is 21.3 Å². The minimum absolute atomic E-state index is 0. The quantitative estimate of drug-likeness (QED) is 0.450. The number of hydrogen-bond acceptors (Lipinski definition) is 4. The van der Waals surface area contributed by atoms with Crippen LogP contribution >= 0.6 is 20.2 Å². The number of hydrogen-bond donors (Lipinski definition) is 3. The molecule has 4 atom stereocenters. The van der Waals surface area contributed by atoms with Gasteiger partial charge in [-0.3, -0.25) is 4.98 Å². The number of halogens is 2. The molecule has 2 aliphatic carbocycles. The third kappa shape index (κ3) is 8.70. The van der Waals surface area contributed by atoms with Crippen molar-refractivity contribution in [2.24, 2.45) is 0 Å². The largest absolute Gasteiger partial charge is 0 e. The van der Waals surface area contributed by atoms with Gasteiger partial charge in [-0.2, -0.15) is 0 Å². The van der Waals surface area contributed by atoms with Crippen LogP contribution in [0.4, 0.5) is 0 Å². The Hall–Kier alpha value is 0.0895. The average molecular weight is 526 g/mol. The molecule has 0 radical (unpaired) electrons. The van der Waals surface area contributed by atoms with Crippen LogP contribution in [0.3, 0.4) is 0 Å². The summed E-state index contributed by atoms with van der Waals surface area (Å²) in [7, 11) is 9.59. The van der Waals surface area contributed by atoms with Gasteiger partial charge in [0, 0.05) is 26.6 Å². The molecule has 3 N–H and O–H groups in total. The predicted octanol–water partition coefficient (Wildman–Crippen LogP) is 5.44. The van der Waals surface area contributed by atoms with Crippen molar-refractivity contribution in [3.63, 3.8) is 0 Å². The summed E-state index contributed by atoms with van der Waals surface area (Å²) in [6, 6.07) is 6.74. The number of rotatable bonds is 2. The smallest absolute Gasteiger partial charge is 0 e. The number of aromatic nitrogens is 1. The van der Waals surface area contributed by atoms with Crippen molar-refractivity contribution in [1.82, 2.24) is 20.9 Å². The van der Waals surface area contributed by atoms with Gasteiger partial charge in [-0.15, -0.1) is 12.6 Å². The molecule has 0 spiro atoms. The number of aryl methyl sites for hydroxylation is 1. The van der Waals surface area contributed by atoms with E-state index in [-0.39, 0.29) is 14.6 Å². The van der Waals surface area contributed by atoms with Crippen molar-refractivity contribution < 1.29 is 14.6 Å². The van der Waals surface area contributed by atoms with Crippen LogP contribution < -0.4 is 16.0 Å². The molecule has 5 nitrogen and oxygen atoms in total. The summed E-state index contributed by atoms with van der Waals surface area (Å²) >= 11 is 0.00694. The van der Waals surface area contributed by atoms with Crippen molar-refractivity contribution >= 4 is 20.2 Å². The molecule has 2 bridgehead atoms. The van der Waals surface area contributed by atoms with Crippen LogP contribution in [0, 0.1) is 0 Å². The van der Waals surface area contributed by atoms with Gasteiger partial charge in [-0.1, -0.05) is 45.4 Å². The molecule has 32 heavy (non-hydrogen) atoms. The zero-order valence-electron chi connectivity index (χ0n) is 19.4. The van der Waals surface area contributed by atoms with Gasteiger partial charge in [0.05, 0.1) is 11.4 Å². The minimum atomic E-state index is 0. The molecule has 1 aromatic heterocycles. The fraction of sp³-hybridized carbons (Fsp3) is 0.792. The van der Waals surface area contributed by atoms with Gasteiger partial charge in [-0.25, -0.2) is 0 Å². The summed E-state index contributed by atoms with van der Waals surface area (Å²) in [6.45, 7) is 5.96. The van der Waals surface area contributed by atoms with E-state index in [1.165, 1.54) is 74.7 Å². The van der Waals surface area contributed by atoms with Crippen molar-refractivity contribution in [2.45, 2.75) is 108 Å². The van der Waals surface area contributed by atoms with Crippen LogP contribution in [-0.4, -0.2) is 42.2 Å². The van der Waals surface area contributed by atoms with Gasteiger partial charge in [-0.05, 0) is 56.0 Å². The van der Waals surface area contributed by atoms with Gasteiger partial charge in [0.15, 0.2) is 0 Å². The SMILES string of the molecule is CCCc1cc2nc(c1)CN[C@@H]1CCCCC1NCC[N-]C1CCCC[C@H]1NC2.[Cl][Mn][Cl].[HH]. The monoisotopic (exact) mass is 525 g/mol. The normalized spacial score (nSPS) is 29.3. The van der Waals surface area contributed by atoms with Crippen molar-refractivity contribution in [1.29, 1.82) is 0 Å². The van der Waals surface area contributed by atoms with E-state index in [2.05, 4.69) is 35.0 Å². The Balaban J connectivity index is 0.000000914. The van der Waals surface area contributed by atoms with Crippen LogP contribution in [0.2, 0.25) is 0 Å². The van der Waals surface area contributed by atoms with E-state index in [1.807, 2.05) is 0 Å². The number of fused-ring (bicyclic) bond motifs is 4. The summed E-state index contributed by atoms with van der Waals surface area (Å²) in [5, 5.41) is 16.6. The fourth-order valence-electron chi connectivity index (χ4n) is 5.47. The molecule has 0 aromatic carbocycles. The Labute approximate surface area is 211 Å². The van der Waals surface area contributed by atoms with E-state index in [4.69, 9.17) is 30.5 Å². The first-order valence-electron chi connectivity index (χ1n) is 12.5. The second-order valence-corrected chi connectivity index (χ2v) is 11.3. The van der Waals surface area contributed by atoms with Crippen LogP contribution in [0.1, 0.15) is 83.1 Å². The van der Waals surface area contributed by atoms with E-state index in [0.29, 0.717) is 24.2 Å². The molecule has 185 valence electrons. The molecule has 2 fully saturated rings. The van der Waals surface area contributed by atoms with E-state index in [1.54, 1.807) is 0 Å². The summed E-state index contributed by atoms with van der Waals surface area (Å²) in [6.07, 6.45) is 12.7. The Morgan fingerprint density at radius 1 is 0.938 bits per heavy atom. The maximum absolute atomic E-state index is 5.11. The second kappa shape index (κ2) is 15.2. The minimum Gasteiger partial charge on any atom is 0 e. The first-order valence-corrected chi connectivity index (χ1v) is 15.7. The average Bonchev–Trinajstić information content (AvgIpc) is 2.81. The Morgan fingerprint density at radius 2 is 1.50 bits per heavy atom. The molecule has 2 heterocycles. The van der Waals surface area contributed by atoms with Crippen LogP contribution in [0.5, 0.6) is 0 Å². The van der Waals surface area contributed by atoms with Crippen LogP contribution in [0.15, 0.2) is 12.1 Å². The predicted molar refractivity (Wildman–Crippen MR) is 134 cm³/mol. The Kier molecular flexibility index (Phi) is 12.6. The molecule has 0 saturated heterocycles. The van der Waals surface area contributed by atoms with E-state index in [9.17, 15) is 0 Å². The summed E-state index contributed by atoms with van der Waals surface area (Å²) < 4.78 is 0. The molecule has 2 saturated carbocycles. The molecular weight excluding hydrogens is 484 g/mol. The number of nitrogens with zero attached hydrogens (tertiary/aromatic N) is 2. The maximum atomic E-state index is 5.11. The van der Waals surface area contributed by atoms with Crippen LogP contribution in [0.25, 0.3) is 5.32 Å². The summed E-state index contributed by atoms with van der Waals surface area (Å²) in [5.74, 6) is 0. The first kappa shape index (κ1) is 26.7. The van der Waals surface area contributed by atoms with Gasteiger partial charge >= 0.3 is 33.3 Å². The zero-order valence-corrected chi connectivity index (χ0v) is 22.1. The third-order valence-corrected chi connectivity index (χ3v) is 7.00. The van der Waals surface area contributed by atoms with Gasteiger partial charge in [0.1, 0.15) is 0 Å². The number of nitrogens with one attached hydrogen (secondary N) is 3. The molecule has 4 rings (SSSR count). The Bertz CT molecular complexity index is 623. The molecule has 1 aromatic rings. The molecule has 2 unspecified atom stereocenters. The molecular formula is C24H42Cl2MnN5-. The van der Waals surface area contributed by atoms with E-state index >= 15 is 0 Å². The van der Waals surface area contributed by atoms with Gasteiger partial charge in [0.2, 0.25) is 0 Å². The zero-order chi connectivity index (χ0) is 22.6. The second-order valence-electron chi connectivity index (χ2n) is 9.34. The summed E-state index contributed by atoms with van der Waals surface area (Å²) in [4.78, 5) is 5.03. The molecule has 0 amide bonds. The molecule has 8 heteroatoms. The van der Waals surface area contributed by atoms with Gasteiger partial charge in [0.25, 0.3) is 0 Å². The molecule has 1 aliphatic heterocycles. The first-order chi connectivity index (χ1) is 15.7. The van der Waals surface area contributed by atoms with Crippen LogP contribution in [-0.2, 0) is 32.6 Å². The summed E-state index contributed by atoms with van der Waals surface area (Å²) in [5.41, 5.74) is 3.84. The van der Waals surface area contributed by atoms with E-state index in [0.717, 1.165) is 32.6 Å². The van der Waals surface area contributed by atoms with Crippen molar-refractivity contribution in [3.8, 4) is 0 Å². The van der Waals surface area contributed by atoms with Crippen molar-refractivity contribution in [2.75, 3.05) is 13.1 Å². The Morgan fingerprint density at radius 3 is 2.16 bits per heavy atom. The van der Waals surface area contributed by atoms with Crippen molar-refractivity contribution in [3.05, 3.63) is 34.4 Å². The maximum Gasteiger partial charge on any atom is 0 e. The van der Waals surface area contributed by atoms with E-state index < -0.39 is 0 Å². The molecule has 3 aliphatic rings.